The quantitative estimate of drug-likeness (QED) is 0.824. The minimum absolute atomic E-state index is 0.228. The van der Waals surface area contributed by atoms with E-state index in [-0.39, 0.29) is 6.61 Å². The van der Waals surface area contributed by atoms with E-state index in [0.717, 1.165) is 57.1 Å². The van der Waals surface area contributed by atoms with Crippen LogP contribution in [0.2, 0.25) is 0 Å². The number of nitrogens with zero attached hydrogens (tertiary/aromatic N) is 3. The highest BCUT2D eigenvalue weighted by Crippen LogP contribution is 2.34. The van der Waals surface area contributed by atoms with Gasteiger partial charge >= 0.3 is 0 Å². The second-order valence-electron chi connectivity index (χ2n) is 7.36. The summed E-state index contributed by atoms with van der Waals surface area (Å²) in [5.74, 6) is 1.37. The van der Waals surface area contributed by atoms with Gasteiger partial charge in [-0.15, -0.1) is 0 Å². The molecule has 6 nitrogen and oxygen atoms in total. The summed E-state index contributed by atoms with van der Waals surface area (Å²) in [6.45, 7) is 0.228. The molecule has 0 radical (unpaired) electrons. The van der Waals surface area contributed by atoms with E-state index in [1.807, 2.05) is 0 Å². The molecule has 2 aliphatic rings. The van der Waals surface area contributed by atoms with Crippen LogP contribution in [0.4, 0.5) is 5.95 Å². The lowest BCUT2D eigenvalue weighted by atomic mass is 9.91. The summed E-state index contributed by atoms with van der Waals surface area (Å²) in [7, 11) is 1.77. The van der Waals surface area contributed by atoms with Gasteiger partial charge in [0.2, 0.25) is 5.95 Å². The number of nitrogens with one attached hydrogen (secondary N) is 1. The van der Waals surface area contributed by atoms with Gasteiger partial charge in [0.25, 0.3) is 0 Å². The fourth-order valence-corrected chi connectivity index (χ4v) is 4.23. The number of nitriles is 1. The second kappa shape index (κ2) is 8.59. The van der Waals surface area contributed by atoms with Crippen molar-refractivity contribution in [3.8, 4) is 6.07 Å². The largest absolute Gasteiger partial charge is 0.396 e. The van der Waals surface area contributed by atoms with Crippen molar-refractivity contribution in [1.82, 2.24) is 9.97 Å². The maximum Gasteiger partial charge on any atom is 0.223 e. The van der Waals surface area contributed by atoms with Gasteiger partial charge in [-0.05, 0) is 56.8 Å². The Morgan fingerprint density at radius 3 is 2.68 bits per heavy atom. The topological polar surface area (TPSA) is 91.1 Å². The smallest absolute Gasteiger partial charge is 0.223 e. The number of aromatic nitrogens is 2. The summed E-state index contributed by atoms with van der Waals surface area (Å²) < 4.78 is 5.42. The summed E-state index contributed by atoms with van der Waals surface area (Å²) in [5.41, 5.74) is 1.37. The van der Waals surface area contributed by atoms with Crippen LogP contribution in [-0.2, 0) is 11.2 Å². The summed E-state index contributed by atoms with van der Waals surface area (Å²) in [6, 6.07) is 2.58. The van der Waals surface area contributed by atoms with Gasteiger partial charge < -0.3 is 15.2 Å². The molecule has 2 fully saturated rings. The first-order valence-corrected chi connectivity index (χ1v) is 9.39. The zero-order chi connectivity index (χ0) is 17.6. The maximum absolute atomic E-state index is 9.53. The Kier molecular flexibility index (Phi) is 6.22. The summed E-state index contributed by atoms with van der Waals surface area (Å²) >= 11 is 0. The standard InChI is InChI=1S/C19H28N4O2/c1-25-17-7-5-16(6-8-17)22-19-21-11-15(10-20)18(23-19)9-13-3-2-4-14(13)12-24/h11,13-14,16-17,24H,2-9,12H2,1H3,(H,21,22,23)/t13-,14-,16?,17?/m1/s1. The molecule has 0 amide bonds. The zero-order valence-electron chi connectivity index (χ0n) is 14.9. The van der Waals surface area contributed by atoms with Gasteiger partial charge in [0.1, 0.15) is 6.07 Å². The van der Waals surface area contributed by atoms with Gasteiger partial charge in [-0.25, -0.2) is 9.97 Å². The third-order valence-corrected chi connectivity index (χ3v) is 5.84. The molecule has 0 aliphatic heterocycles. The molecular formula is C19H28N4O2. The number of rotatable bonds is 6. The first-order valence-electron chi connectivity index (χ1n) is 9.39. The maximum atomic E-state index is 9.53. The van der Waals surface area contributed by atoms with Crippen molar-refractivity contribution >= 4 is 5.95 Å². The van der Waals surface area contributed by atoms with Crippen LogP contribution in [0.3, 0.4) is 0 Å². The van der Waals surface area contributed by atoms with Crippen LogP contribution in [0.15, 0.2) is 6.20 Å². The number of ether oxygens (including phenoxy) is 1. The number of aliphatic hydroxyl groups excluding tert-OH is 1. The first-order chi connectivity index (χ1) is 12.2. The molecule has 1 heterocycles. The fraction of sp³-hybridized carbons (Fsp3) is 0.737. The molecule has 2 saturated carbocycles. The molecule has 136 valence electrons. The van der Waals surface area contributed by atoms with Crippen molar-refractivity contribution < 1.29 is 9.84 Å². The molecule has 2 N–H and O–H groups in total. The Hall–Kier alpha value is -1.71. The zero-order valence-corrected chi connectivity index (χ0v) is 14.9. The molecule has 2 aliphatic carbocycles. The van der Waals surface area contributed by atoms with Gasteiger partial charge in [-0.1, -0.05) is 6.42 Å². The van der Waals surface area contributed by atoms with Gasteiger partial charge in [-0.2, -0.15) is 5.26 Å². The highest BCUT2D eigenvalue weighted by Gasteiger charge is 2.28. The summed E-state index contributed by atoms with van der Waals surface area (Å²) in [5, 5.41) is 22.3. The van der Waals surface area contributed by atoms with E-state index in [9.17, 15) is 10.4 Å². The van der Waals surface area contributed by atoms with E-state index in [0.29, 0.717) is 35.5 Å². The van der Waals surface area contributed by atoms with E-state index in [1.54, 1.807) is 13.3 Å². The van der Waals surface area contributed by atoms with Crippen molar-refractivity contribution in [1.29, 1.82) is 5.26 Å². The number of hydrogen-bond donors (Lipinski definition) is 2. The third-order valence-electron chi connectivity index (χ3n) is 5.84. The molecule has 0 aromatic carbocycles. The Morgan fingerprint density at radius 1 is 1.24 bits per heavy atom. The predicted molar refractivity (Wildman–Crippen MR) is 95.0 cm³/mol. The molecule has 0 saturated heterocycles. The number of anilines is 1. The van der Waals surface area contributed by atoms with Crippen LogP contribution in [0.25, 0.3) is 0 Å². The Bertz CT molecular complexity index is 608. The molecule has 0 unspecified atom stereocenters. The Balaban J connectivity index is 1.67. The summed E-state index contributed by atoms with van der Waals surface area (Å²) in [4.78, 5) is 8.98. The van der Waals surface area contributed by atoms with Crippen LogP contribution in [0.5, 0.6) is 0 Å². The molecule has 25 heavy (non-hydrogen) atoms. The molecule has 1 aromatic heterocycles. The number of methoxy groups -OCH3 is 1. The van der Waals surface area contributed by atoms with E-state index < -0.39 is 0 Å². The van der Waals surface area contributed by atoms with Crippen LogP contribution >= 0.6 is 0 Å². The van der Waals surface area contributed by atoms with Gasteiger partial charge in [-0.3, -0.25) is 0 Å². The molecule has 0 bridgehead atoms. The highest BCUT2D eigenvalue weighted by atomic mass is 16.5. The van der Waals surface area contributed by atoms with Crippen LogP contribution in [0.1, 0.15) is 56.2 Å². The van der Waals surface area contributed by atoms with Crippen molar-refractivity contribution in [2.24, 2.45) is 11.8 Å². The first kappa shape index (κ1) is 18.1. The summed E-state index contributed by atoms with van der Waals surface area (Å²) in [6.07, 6.45) is 10.3. The SMILES string of the molecule is COC1CCC(Nc2ncc(C#N)c(C[C@H]3CCC[C@@H]3CO)n2)CC1. The van der Waals surface area contributed by atoms with Gasteiger partial charge in [0, 0.05) is 19.8 Å². The fourth-order valence-electron chi connectivity index (χ4n) is 4.23. The predicted octanol–water partition coefficient (Wildman–Crippen LogP) is 2.67. The molecule has 2 atom stereocenters. The Morgan fingerprint density at radius 2 is 2.00 bits per heavy atom. The normalized spacial score (nSPS) is 29.3. The minimum atomic E-state index is 0.228. The lowest BCUT2D eigenvalue weighted by Gasteiger charge is -2.28. The lowest BCUT2D eigenvalue weighted by Crippen LogP contribution is -2.30. The number of aliphatic hydroxyl groups is 1. The van der Waals surface area contributed by atoms with E-state index >= 15 is 0 Å². The molecule has 1 aromatic rings. The van der Waals surface area contributed by atoms with Crippen molar-refractivity contribution in [3.05, 3.63) is 17.5 Å². The highest BCUT2D eigenvalue weighted by molar-refractivity contribution is 5.37. The molecule has 0 spiro atoms. The van der Waals surface area contributed by atoms with Gasteiger partial charge in [0.05, 0.1) is 23.6 Å². The van der Waals surface area contributed by atoms with Crippen molar-refractivity contribution in [2.75, 3.05) is 19.0 Å². The van der Waals surface area contributed by atoms with Crippen LogP contribution in [-0.4, -0.2) is 40.9 Å². The van der Waals surface area contributed by atoms with E-state index in [1.165, 1.54) is 0 Å². The monoisotopic (exact) mass is 344 g/mol. The third kappa shape index (κ3) is 4.47. The van der Waals surface area contributed by atoms with Crippen molar-refractivity contribution in [3.63, 3.8) is 0 Å². The molecular weight excluding hydrogens is 316 g/mol. The minimum Gasteiger partial charge on any atom is -0.396 e. The average molecular weight is 344 g/mol. The van der Waals surface area contributed by atoms with Gasteiger partial charge in [0.15, 0.2) is 0 Å². The van der Waals surface area contributed by atoms with Crippen LogP contribution in [0, 0.1) is 23.2 Å². The average Bonchev–Trinajstić information content (AvgIpc) is 3.10. The lowest BCUT2D eigenvalue weighted by molar-refractivity contribution is 0.0681. The van der Waals surface area contributed by atoms with Crippen LogP contribution < -0.4 is 5.32 Å². The van der Waals surface area contributed by atoms with E-state index in [2.05, 4.69) is 21.4 Å². The second-order valence-corrected chi connectivity index (χ2v) is 7.36. The molecule has 6 heteroatoms. The number of hydrogen-bond acceptors (Lipinski definition) is 6. The molecule has 3 rings (SSSR count). The van der Waals surface area contributed by atoms with Crippen molar-refractivity contribution in [2.45, 2.75) is 63.5 Å². The van der Waals surface area contributed by atoms with E-state index in [4.69, 9.17) is 4.74 Å². The Labute approximate surface area is 149 Å².